The summed E-state index contributed by atoms with van der Waals surface area (Å²) < 4.78 is 50.6. The van der Waals surface area contributed by atoms with Crippen LogP contribution in [0.1, 0.15) is 79.3 Å². The molecule has 0 spiro atoms. The van der Waals surface area contributed by atoms with Gasteiger partial charge in [0, 0.05) is 79.0 Å². The molecule has 4 N–H and O–H groups in total. The predicted molar refractivity (Wildman–Crippen MR) is 260 cm³/mol. The highest BCUT2D eigenvalue weighted by Crippen LogP contribution is 2.45. The predicted octanol–water partition coefficient (Wildman–Crippen LogP) is 5.64. The number of alkyl carbamates (subject to hydrolysis) is 1. The number of carbonyl (C=O) groups excluding carboxylic acids is 4. The molecule has 17 nitrogen and oxygen atoms in total. The van der Waals surface area contributed by atoms with Gasteiger partial charge in [-0.25, -0.2) is 13.6 Å². The fourth-order valence-electron chi connectivity index (χ4n) is 11.7. The van der Waals surface area contributed by atoms with Gasteiger partial charge < -0.3 is 39.8 Å². The number of hydrogen-bond donors (Lipinski definition) is 4. The number of unbranched alkanes of at least 4 members (excludes halogenated alkanes) is 1. The number of amides is 4. The Hall–Kier alpha value is -7.43. The smallest absolute Gasteiger partial charge is 0.407 e. The standard InChI is InChI=1S/C53H53F2N9O8/c1-3-35-40(54)12-9-30-19-34(65)20-37(44(30)35)46-45(55)47-38(22-57-46)48(62-24-31-10-11-32(25-62)58-31)61-51(60-47)72-28-53-16-15-33(64(53)23-29(2)21-53)27-71-52(69)56-17-4-5-18-70-42-8-6-7-36-39(42)26-63(50(36)68)41-13-14-43(66)59-49(41)67/h1,6-9,12,19-20,22,31-33,41,58,65H,2,4-5,10-11,13-18,21,23-28H2,(H,56,69)(H,59,66,67)/t31?,32?,33-,41?,53-/m0/s1. The van der Waals surface area contributed by atoms with Crippen LogP contribution in [0.3, 0.4) is 0 Å². The summed E-state index contributed by atoms with van der Waals surface area (Å²) in [6.45, 7) is 7.40. The zero-order chi connectivity index (χ0) is 49.8. The highest BCUT2D eigenvalue weighted by molar-refractivity contribution is 6.06. The SMILES string of the molecule is C#Cc1c(F)ccc2cc(O)cc(-c3ncc4c(N5CC6CCC(C5)N6)nc(OC[C@@]56CC[C@@H](COC(=O)NCCCCOc7cccc8c7CN(C7CCC(=O)NC7=O)C8=O)N5CC(=C)C6)nc4c3F)c12. The molecular formula is C53H53F2N9O8. The zero-order valence-electron chi connectivity index (χ0n) is 39.5. The maximum absolute atomic E-state index is 17.2. The molecule has 5 saturated heterocycles. The molecule has 372 valence electrons. The molecule has 3 unspecified atom stereocenters. The number of terminal acetylenes is 1. The maximum Gasteiger partial charge on any atom is 0.407 e. The average molecular weight is 982 g/mol. The lowest BCUT2D eigenvalue weighted by molar-refractivity contribution is -0.136. The highest BCUT2D eigenvalue weighted by atomic mass is 19.1. The van der Waals surface area contributed by atoms with E-state index in [-0.39, 0.29) is 102 Å². The molecule has 11 rings (SSSR count). The summed E-state index contributed by atoms with van der Waals surface area (Å²) in [5.74, 6) is 0.723. The van der Waals surface area contributed by atoms with E-state index in [1.165, 1.54) is 35.4 Å². The quantitative estimate of drug-likeness (QED) is 0.0461. The van der Waals surface area contributed by atoms with E-state index >= 15 is 8.78 Å². The number of rotatable bonds is 14. The fraction of sp³-hybridized carbons (Fsp3) is 0.415. The van der Waals surface area contributed by atoms with E-state index in [9.17, 15) is 24.3 Å². The first-order chi connectivity index (χ1) is 34.9. The van der Waals surface area contributed by atoms with Crippen molar-refractivity contribution in [2.24, 2.45) is 0 Å². The number of phenols is 1. The molecule has 2 aromatic heterocycles. The molecule has 3 aromatic carbocycles. The third-order valence-corrected chi connectivity index (χ3v) is 15.1. The van der Waals surface area contributed by atoms with Crippen molar-refractivity contribution >= 4 is 51.3 Å². The van der Waals surface area contributed by atoms with Crippen molar-refractivity contribution in [3.05, 3.63) is 89.1 Å². The number of halogens is 2. The molecule has 4 amide bonds. The van der Waals surface area contributed by atoms with Crippen LogP contribution in [0.5, 0.6) is 17.5 Å². The molecule has 8 heterocycles. The van der Waals surface area contributed by atoms with Crippen molar-refractivity contribution in [2.45, 2.75) is 94.0 Å². The van der Waals surface area contributed by atoms with Crippen LogP contribution in [-0.4, -0.2) is 129 Å². The summed E-state index contributed by atoms with van der Waals surface area (Å²) in [5, 5.41) is 20.5. The molecule has 0 saturated carbocycles. The molecule has 6 aliphatic rings. The molecule has 0 radical (unpaired) electrons. The number of hydrogen-bond acceptors (Lipinski definition) is 14. The normalized spacial score (nSPS) is 23.6. The first-order valence-electron chi connectivity index (χ1n) is 24.5. The van der Waals surface area contributed by atoms with E-state index in [4.69, 9.17) is 25.6 Å². The molecule has 19 heteroatoms. The Kier molecular flexibility index (Phi) is 12.4. The van der Waals surface area contributed by atoms with E-state index in [0.717, 1.165) is 31.3 Å². The minimum absolute atomic E-state index is 0.0222. The number of benzene rings is 3. The number of ether oxygens (including phenoxy) is 3. The Morgan fingerprint density at radius 3 is 2.65 bits per heavy atom. The first kappa shape index (κ1) is 46.9. The molecule has 5 atom stereocenters. The van der Waals surface area contributed by atoms with Gasteiger partial charge in [0.2, 0.25) is 11.8 Å². The number of imide groups is 1. The fourth-order valence-corrected chi connectivity index (χ4v) is 11.7. The van der Waals surface area contributed by atoms with E-state index in [0.29, 0.717) is 85.5 Å². The second-order valence-corrected chi connectivity index (χ2v) is 19.7. The van der Waals surface area contributed by atoms with Crippen molar-refractivity contribution in [1.29, 1.82) is 0 Å². The first-order valence-corrected chi connectivity index (χ1v) is 24.5. The second kappa shape index (κ2) is 19.0. The van der Waals surface area contributed by atoms with E-state index in [1.807, 2.05) is 0 Å². The number of aromatic nitrogens is 3. The largest absolute Gasteiger partial charge is 0.508 e. The van der Waals surface area contributed by atoms with Gasteiger partial charge in [0.25, 0.3) is 5.91 Å². The van der Waals surface area contributed by atoms with Crippen molar-refractivity contribution in [3.8, 4) is 41.1 Å². The lowest BCUT2D eigenvalue weighted by atomic mass is 9.94. The molecule has 6 aliphatic heterocycles. The van der Waals surface area contributed by atoms with Gasteiger partial charge in [-0.2, -0.15) is 9.97 Å². The van der Waals surface area contributed by atoms with Gasteiger partial charge in [-0.05, 0) is 87.1 Å². The number of aromatic hydroxyl groups is 1. The van der Waals surface area contributed by atoms with Crippen molar-refractivity contribution in [2.75, 3.05) is 50.9 Å². The van der Waals surface area contributed by atoms with E-state index in [1.54, 1.807) is 18.2 Å². The Morgan fingerprint density at radius 2 is 1.85 bits per heavy atom. The van der Waals surface area contributed by atoms with Crippen LogP contribution < -0.4 is 30.3 Å². The van der Waals surface area contributed by atoms with Gasteiger partial charge in [0.15, 0.2) is 5.82 Å². The lowest BCUT2D eigenvalue weighted by Crippen LogP contribution is -2.52. The molecule has 0 aliphatic carbocycles. The second-order valence-electron chi connectivity index (χ2n) is 19.7. The number of carbonyl (C=O) groups is 4. The molecule has 5 fully saturated rings. The molecule has 2 bridgehead atoms. The summed E-state index contributed by atoms with van der Waals surface area (Å²) >= 11 is 0. The van der Waals surface area contributed by atoms with Crippen LogP contribution >= 0.6 is 0 Å². The molecular weight excluding hydrogens is 929 g/mol. The third-order valence-electron chi connectivity index (χ3n) is 15.1. The van der Waals surface area contributed by atoms with Crippen molar-refractivity contribution in [1.82, 2.24) is 40.7 Å². The minimum Gasteiger partial charge on any atom is -0.508 e. The van der Waals surface area contributed by atoms with Crippen LogP contribution in [0.4, 0.5) is 19.4 Å². The Balaban J connectivity index is 0.731. The Labute approximate surface area is 413 Å². The summed E-state index contributed by atoms with van der Waals surface area (Å²) in [6.07, 6.45) is 12.5. The number of nitrogens with one attached hydrogen (secondary N) is 3. The van der Waals surface area contributed by atoms with Gasteiger partial charge >= 0.3 is 12.1 Å². The monoisotopic (exact) mass is 981 g/mol. The number of piperidine rings is 1. The van der Waals surface area contributed by atoms with Gasteiger partial charge in [-0.15, -0.1) is 6.42 Å². The third kappa shape index (κ3) is 8.65. The zero-order valence-corrected chi connectivity index (χ0v) is 39.5. The van der Waals surface area contributed by atoms with Gasteiger partial charge in [-0.3, -0.25) is 29.6 Å². The average Bonchev–Trinajstić information content (AvgIpc) is 4.09. The van der Waals surface area contributed by atoms with Gasteiger partial charge in [0.05, 0.1) is 29.6 Å². The van der Waals surface area contributed by atoms with Crippen LogP contribution in [-0.2, 0) is 20.9 Å². The summed E-state index contributed by atoms with van der Waals surface area (Å²) in [5.41, 5.74) is 1.52. The van der Waals surface area contributed by atoms with Crippen LogP contribution in [0.25, 0.3) is 32.9 Å². The maximum atomic E-state index is 17.2. The number of nitrogens with zero attached hydrogens (tertiary/aromatic N) is 6. The van der Waals surface area contributed by atoms with Crippen LogP contribution in [0, 0.1) is 24.0 Å². The van der Waals surface area contributed by atoms with Crippen molar-refractivity contribution in [3.63, 3.8) is 0 Å². The van der Waals surface area contributed by atoms with Gasteiger partial charge in [-0.1, -0.05) is 30.2 Å². The summed E-state index contributed by atoms with van der Waals surface area (Å²) in [7, 11) is 0. The molecule has 5 aromatic rings. The Bertz CT molecular complexity index is 3120. The van der Waals surface area contributed by atoms with E-state index < -0.39 is 35.2 Å². The topological polar surface area (TPSA) is 201 Å². The number of phenolic OH excluding ortho intramolecular Hbond substituents is 1. The van der Waals surface area contributed by atoms with Crippen LogP contribution in [0.15, 0.2) is 60.8 Å². The number of pyridine rings is 1. The highest BCUT2D eigenvalue weighted by Gasteiger charge is 2.51. The lowest BCUT2D eigenvalue weighted by Gasteiger charge is -2.35. The molecule has 72 heavy (non-hydrogen) atoms. The van der Waals surface area contributed by atoms with Crippen molar-refractivity contribution < 1.29 is 47.3 Å². The Morgan fingerprint density at radius 1 is 1.01 bits per heavy atom. The minimum atomic E-state index is -0.799. The number of fused-ring (bicyclic) bond motifs is 6. The van der Waals surface area contributed by atoms with Crippen LogP contribution in [0.2, 0.25) is 0 Å². The number of piperazine rings is 1. The number of anilines is 1. The summed E-state index contributed by atoms with van der Waals surface area (Å²) in [4.78, 5) is 70.3. The summed E-state index contributed by atoms with van der Waals surface area (Å²) in [6, 6.07) is 10.3. The van der Waals surface area contributed by atoms with Gasteiger partial charge in [0.1, 0.15) is 53.6 Å². The van der Waals surface area contributed by atoms with E-state index in [2.05, 4.69) is 48.2 Å².